The molecule has 1 N–H and O–H groups in total. The van der Waals surface area contributed by atoms with Crippen molar-refractivity contribution in [2.45, 2.75) is 13.0 Å². The molecule has 8 heteroatoms. The second kappa shape index (κ2) is 8.18. The minimum Gasteiger partial charge on any atom is -0.352 e. The van der Waals surface area contributed by atoms with Gasteiger partial charge in [-0.2, -0.15) is 0 Å². The van der Waals surface area contributed by atoms with Crippen molar-refractivity contribution in [2.75, 3.05) is 13.1 Å². The number of hydrogen-bond donors (Lipinski definition) is 1. The number of carbonyl (C=O) groups excluding carboxylic acids is 2. The van der Waals surface area contributed by atoms with Gasteiger partial charge < -0.3 is 10.2 Å². The number of hydrogen-bond acceptors (Lipinski definition) is 4. The van der Waals surface area contributed by atoms with Gasteiger partial charge in [0.05, 0.1) is 4.92 Å². The van der Waals surface area contributed by atoms with Crippen LogP contribution in [0.2, 0.25) is 5.02 Å². The molecule has 0 radical (unpaired) electrons. The zero-order chi connectivity index (χ0) is 19.4. The summed E-state index contributed by atoms with van der Waals surface area (Å²) in [5, 5.41) is 13.7. The van der Waals surface area contributed by atoms with Crippen LogP contribution < -0.4 is 5.32 Å². The number of nitrogens with zero attached hydrogens (tertiary/aromatic N) is 2. The van der Waals surface area contributed by atoms with Gasteiger partial charge in [-0.15, -0.1) is 0 Å². The molecule has 1 fully saturated rings. The van der Waals surface area contributed by atoms with Gasteiger partial charge in [0.1, 0.15) is 5.02 Å². The Morgan fingerprint density at radius 2 is 2.00 bits per heavy atom. The van der Waals surface area contributed by atoms with Crippen LogP contribution in [0, 0.1) is 16.0 Å². The van der Waals surface area contributed by atoms with E-state index in [1.807, 2.05) is 30.3 Å². The summed E-state index contributed by atoms with van der Waals surface area (Å²) in [4.78, 5) is 36.5. The molecular weight excluding hydrogens is 370 g/mol. The highest BCUT2D eigenvalue weighted by Crippen LogP contribution is 2.25. The Balaban J connectivity index is 1.56. The van der Waals surface area contributed by atoms with Crippen LogP contribution in [0.5, 0.6) is 0 Å². The summed E-state index contributed by atoms with van der Waals surface area (Å²) < 4.78 is 0. The first-order chi connectivity index (χ1) is 12.9. The molecule has 0 saturated carbocycles. The Morgan fingerprint density at radius 1 is 1.26 bits per heavy atom. The number of nitro benzene ring substituents is 1. The fourth-order valence-electron chi connectivity index (χ4n) is 3.08. The van der Waals surface area contributed by atoms with Crippen molar-refractivity contribution in [2.24, 2.45) is 5.92 Å². The second-order valence-corrected chi connectivity index (χ2v) is 6.87. The van der Waals surface area contributed by atoms with Crippen molar-refractivity contribution in [3.63, 3.8) is 0 Å². The molecule has 140 valence electrons. The van der Waals surface area contributed by atoms with Gasteiger partial charge >= 0.3 is 0 Å². The maximum Gasteiger partial charge on any atom is 0.288 e. The summed E-state index contributed by atoms with van der Waals surface area (Å²) in [5.74, 6) is -0.364. The van der Waals surface area contributed by atoms with E-state index < -0.39 is 10.8 Å². The van der Waals surface area contributed by atoms with Gasteiger partial charge in [-0.05, 0) is 17.7 Å². The van der Waals surface area contributed by atoms with Crippen LogP contribution >= 0.6 is 11.6 Å². The third-order valence-corrected chi connectivity index (χ3v) is 4.79. The molecule has 1 aliphatic heterocycles. The third-order valence-electron chi connectivity index (χ3n) is 4.47. The fraction of sp³-hybridized carbons (Fsp3) is 0.263. The minimum atomic E-state index is -0.629. The van der Waals surface area contributed by atoms with Crippen LogP contribution in [0.15, 0.2) is 48.5 Å². The standard InChI is InChI=1S/C19H18ClN3O4/c20-16-7-6-15(9-17(16)23(26)27)19(25)21-10-14-8-18(24)22(12-14)11-13-4-2-1-3-5-13/h1-7,9,14H,8,10-12H2,(H,21,25). The van der Waals surface area contributed by atoms with Gasteiger partial charge in [0, 0.05) is 43.6 Å². The predicted octanol–water partition coefficient (Wildman–Crippen LogP) is 3.03. The first-order valence-corrected chi connectivity index (χ1v) is 8.85. The molecule has 3 rings (SSSR count). The van der Waals surface area contributed by atoms with Crippen LogP contribution in [0.3, 0.4) is 0 Å². The highest BCUT2D eigenvalue weighted by atomic mass is 35.5. The maximum atomic E-state index is 12.3. The molecule has 2 amide bonds. The fourth-order valence-corrected chi connectivity index (χ4v) is 3.27. The number of nitrogens with one attached hydrogen (secondary N) is 1. The molecule has 1 aliphatic rings. The molecule has 1 unspecified atom stereocenters. The number of benzene rings is 2. The van der Waals surface area contributed by atoms with Crippen LogP contribution in [-0.4, -0.2) is 34.7 Å². The zero-order valence-corrected chi connectivity index (χ0v) is 15.2. The van der Waals surface area contributed by atoms with E-state index in [1.165, 1.54) is 12.1 Å². The van der Waals surface area contributed by atoms with Crippen LogP contribution in [0.25, 0.3) is 0 Å². The molecule has 0 spiro atoms. The van der Waals surface area contributed by atoms with Gasteiger partial charge in [-0.25, -0.2) is 0 Å². The number of nitro groups is 1. The second-order valence-electron chi connectivity index (χ2n) is 6.46. The highest BCUT2D eigenvalue weighted by molar-refractivity contribution is 6.32. The van der Waals surface area contributed by atoms with E-state index in [4.69, 9.17) is 11.6 Å². The number of carbonyl (C=O) groups is 2. The first kappa shape index (κ1) is 18.8. The lowest BCUT2D eigenvalue weighted by Gasteiger charge is -2.17. The summed E-state index contributed by atoms with van der Waals surface area (Å²) in [7, 11) is 0. The van der Waals surface area contributed by atoms with Crippen molar-refractivity contribution in [3.05, 3.63) is 74.8 Å². The molecule has 1 atom stereocenters. The topological polar surface area (TPSA) is 92.6 Å². The molecule has 27 heavy (non-hydrogen) atoms. The van der Waals surface area contributed by atoms with Gasteiger partial charge in [-0.3, -0.25) is 19.7 Å². The summed E-state index contributed by atoms with van der Waals surface area (Å²) in [5.41, 5.74) is 0.912. The van der Waals surface area contributed by atoms with E-state index in [-0.39, 0.29) is 28.1 Å². The summed E-state index contributed by atoms with van der Waals surface area (Å²) in [6, 6.07) is 13.6. The van der Waals surface area contributed by atoms with Gasteiger partial charge in [0.2, 0.25) is 5.91 Å². The number of halogens is 1. The van der Waals surface area contributed by atoms with Crippen LogP contribution in [0.1, 0.15) is 22.3 Å². The molecule has 2 aromatic carbocycles. The maximum absolute atomic E-state index is 12.3. The Hall–Kier alpha value is -2.93. The van der Waals surface area contributed by atoms with E-state index in [9.17, 15) is 19.7 Å². The monoisotopic (exact) mass is 387 g/mol. The highest BCUT2D eigenvalue weighted by Gasteiger charge is 2.29. The molecule has 7 nitrogen and oxygen atoms in total. The lowest BCUT2D eigenvalue weighted by molar-refractivity contribution is -0.384. The minimum absolute atomic E-state index is 0.00690. The Kier molecular flexibility index (Phi) is 5.71. The Bertz CT molecular complexity index is 873. The molecule has 0 bridgehead atoms. The molecule has 0 aromatic heterocycles. The first-order valence-electron chi connectivity index (χ1n) is 8.48. The van der Waals surface area contributed by atoms with Crippen molar-refractivity contribution < 1.29 is 14.5 Å². The van der Waals surface area contributed by atoms with E-state index in [1.54, 1.807) is 4.90 Å². The number of likely N-dealkylation sites (tertiary alicyclic amines) is 1. The quantitative estimate of drug-likeness (QED) is 0.609. The molecule has 1 saturated heterocycles. The van der Waals surface area contributed by atoms with Crippen molar-refractivity contribution in [3.8, 4) is 0 Å². The molecule has 0 aliphatic carbocycles. The number of rotatable bonds is 6. The smallest absolute Gasteiger partial charge is 0.288 e. The van der Waals surface area contributed by atoms with E-state index in [0.717, 1.165) is 11.6 Å². The van der Waals surface area contributed by atoms with Crippen molar-refractivity contribution in [1.29, 1.82) is 0 Å². The molecular formula is C19H18ClN3O4. The summed E-state index contributed by atoms with van der Waals surface area (Å²) in [6.45, 7) is 1.44. The Labute approximate surface area is 161 Å². The third kappa shape index (κ3) is 4.62. The molecule has 2 aromatic rings. The van der Waals surface area contributed by atoms with Gasteiger partial charge in [0.25, 0.3) is 11.6 Å². The zero-order valence-electron chi connectivity index (χ0n) is 14.4. The lowest BCUT2D eigenvalue weighted by Crippen LogP contribution is -2.31. The van der Waals surface area contributed by atoms with E-state index >= 15 is 0 Å². The van der Waals surface area contributed by atoms with E-state index in [2.05, 4.69) is 5.32 Å². The average molecular weight is 388 g/mol. The number of amides is 2. The predicted molar refractivity (Wildman–Crippen MR) is 100 cm³/mol. The normalized spacial score (nSPS) is 16.4. The summed E-state index contributed by atoms with van der Waals surface area (Å²) in [6.07, 6.45) is 0.369. The Morgan fingerprint density at radius 3 is 2.70 bits per heavy atom. The van der Waals surface area contributed by atoms with Crippen LogP contribution in [-0.2, 0) is 11.3 Å². The SMILES string of the molecule is O=C(NCC1CC(=O)N(Cc2ccccc2)C1)c1ccc(Cl)c([N+](=O)[O-])c1. The van der Waals surface area contributed by atoms with Gasteiger partial charge in [0.15, 0.2) is 0 Å². The van der Waals surface area contributed by atoms with Crippen molar-refractivity contribution >= 4 is 29.1 Å². The van der Waals surface area contributed by atoms with Gasteiger partial charge in [-0.1, -0.05) is 41.9 Å². The van der Waals surface area contributed by atoms with E-state index in [0.29, 0.717) is 26.1 Å². The molecule has 1 heterocycles. The van der Waals surface area contributed by atoms with Crippen molar-refractivity contribution in [1.82, 2.24) is 10.2 Å². The lowest BCUT2D eigenvalue weighted by atomic mass is 10.1. The van der Waals surface area contributed by atoms with Crippen LogP contribution in [0.4, 0.5) is 5.69 Å². The average Bonchev–Trinajstić information content (AvgIpc) is 3.00. The summed E-state index contributed by atoms with van der Waals surface area (Å²) >= 11 is 5.76. The largest absolute Gasteiger partial charge is 0.352 e.